The summed E-state index contributed by atoms with van der Waals surface area (Å²) in [5.74, 6) is 0. The topological polar surface area (TPSA) is 52.6 Å². The molecule has 0 atom stereocenters. The van der Waals surface area contributed by atoms with Gasteiger partial charge in [-0.05, 0) is 45.3 Å². The predicted molar refractivity (Wildman–Crippen MR) is 80.3 cm³/mol. The molecule has 7 heteroatoms. The van der Waals surface area contributed by atoms with Gasteiger partial charge < -0.3 is 9.31 Å². The standard InChI is InChI=1S/C13H18BClO4S/c1-12(2)13(3,4)19-14(18-12)9-6-7-10(15)11(8-9)20(5,16)17/h6-8H,1-5H3. The summed E-state index contributed by atoms with van der Waals surface area (Å²) in [5, 5.41) is 0.202. The molecular formula is C13H18BClO4S. The number of hydrogen-bond donors (Lipinski definition) is 0. The Morgan fingerprint density at radius 3 is 2.05 bits per heavy atom. The SMILES string of the molecule is CC1(C)OB(c2ccc(Cl)c(S(C)(=O)=O)c2)OC1(C)C. The molecule has 0 aromatic heterocycles. The highest BCUT2D eigenvalue weighted by Crippen LogP contribution is 2.36. The van der Waals surface area contributed by atoms with Crippen molar-refractivity contribution in [2.45, 2.75) is 43.8 Å². The summed E-state index contributed by atoms with van der Waals surface area (Å²) in [6, 6.07) is 4.79. The fourth-order valence-electron chi connectivity index (χ4n) is 1.93. The summed E-state index contributed by atoms with van der Waals surface area (Å²) in [5.41, 5.74) is -0.293. The Morgan fingerprint density at radius 1 is 1.10 bits per heavy atom. The zero-order valence-electron chi connectivity index (χ0n) is 12.2. The summed E-state index contributed by atoms with van der Waals surface area (Å²) in [6.45, 7) is 7.78. The van der Waals surface area contributed by atoms with E-state index in [0.29, 0.717) is 5.46 Å². The highest BCUT2D eigenvalue weighted by atomic mass is 35.5. The van der Waals surface area contributed by atoms with Gasteiger partial charge in [-0.3, -0.25) is 0 Å². The van der Waals surface area contributed by atoms with Crippen LogP contribution in [-0.4, -0.2) is 33.0 Å². The summed E-state index contributed by atoms with van der Waals surface area (Å²) in [7, 11) is -3.99. The molecule has 0 amide bonds. The second kappa shape index (κ2) is 4.73. The molecule has 1 aliphatic heterocycles. The van der Waals surface area contributed by atoms with Crippen LogP contribution in [0.5, 0.6) is 0 Å². The van der Waals surface area contributed by atoms with E-state index in [4.69, 9.17) is 20.9 Å². The third-order valence-corrected chi connectivity index (χ3v) is 5.46. The van der Waals surface area contributed by atoms with Gasteiger partial charge in [0.15, 0.2) is 9.84 Å². The van der Waals surface area contributed by atoms with Crippen LogP contribution in [0.3, 0.4) is 0 Å². The molecule has 20 heavy (non-hydrogen) atoms. The van der Waals surface area contributed by atoms with E-state index in [9.17, 15) is 8.42 Å². The van der Waals surface area contributed by atoms with Crippen LogP contribution in [0.25, 0.3) is 0 Å². The molecule has 4 nitrogen and oxygen atoms in total. The molecule has 110 valence electrons. The summed E-state index contributed by atoms with van der Waals surface area (Å²) < 4.78 is 35.2. The van der Waals surface area contributed by atoms with Gasteiger partial charge in [0.05, 0.1) is 21.1 Å². The van der Waals surface area contributed by atoms with Crippen molar-refractivity contribution in [1.29, 1.82) is 0 Å². The number of halogens is 1. The molecule has 2 rings (SSSR count). The molecule has 1 aromatic rings. The van der Waals surface area contributed by atoms with Crippen LogP contribution in [0, 0.1) is 0 Å². The van der Waals surface area contributed by atoms with Gasteiger partial charge in [0, 0.05) is 6.26 Å². The van der Waals surface area contributed by atoms with Crippen LogP contribution in [0.15, 0.2) is 23.1 Å². The molecule has 0 N–H and O–H groups in total. The van der Waals surface area contributed by atoms with Crippen molar-refractivity contribution in [2.75, 3.05) is 6.26 Å². The van der Waals surface area contributed by atoms with Crippen LogP contribution in [-0.2, 0) is 19.1 Å². The van der Waals surface area contributed by atoms with Gasteiger partial charge in [0.1, 0.15) is 0 Å². The van der Waals surface area contributed by atoms with Gasteiger partial charge in [-0.15, -0.1) is 0 Å². The molecule has 1 heterocycles. The van der Waals surface area contributed by atoms with E-state index < -0.39 is 28.2 Å². The highest BCUT2D eigenvalue weighted by molar-refractivity contribution is 7.90. The predicted octanol–water partition coefficient (Wildman–Crippen LogP) is 2.04. The Morgan fingerprint density at radius 2 is 1.60 bits per heavy atom. The quantitative estimate of drug-likeness (QED) is 0.784. The Kier molecular flexibility index (Phi) is 3.74. The Hall–Kier alpha value is -0.555. The molecule has 0 unspecified atom stereocenters. The summed E-state index contributed by atoms with van der Waals surface area (Å²) >= 11 is 5.94. The molecule has 1 aliphatic rings. The van der Waals surface area contributed by atoms with Crippen molar-refractivity contribution in [1.82, 2.24) is 0 Å². The molecule has 0 spiro atoms. The number of rotatable bonds is 2. The van der Waals surface area contributed by atoms with Gasteiger partial charge in [-0.1, -0.05) is 17.7 Å². The second-order valence-electron chi connectivity index (χ2n) is 6.05. The molecule has 1 fully saturated rings. The van der Waals surface area contributed by atoms with E-state index in [1.807, 2.05) is 27.7 Å². The maximum atomic E-state index is 11.7. The van der Waals surface area contributed by atoms with Crippen LogP contribution in [0.1, 0.15) is 27.7 Å². The monoisotopic (exact) mass is 316 g/mol. The molecule has 0 aliphatic carbocycles. The van der Waals surface area contributed by atoms with E-state index >= 15 is 0 Å². The minimum absolute atomic E-state index is 0.0892. The van der Waals surface area contributed by atoms with Crippen LogP contribution in [0.4, 0.5) is 0 Å². The van der Waals surface area contributed by atoms with Gasteiger partial charge in [0.2, 0.25) is 0 Å². The first-order chi connectivity index (χ1) is 8.94. The van der Waals surface area contributed by atoms with E-state index in [2.05, 4.69) is 0 Å². The second-order valence-corrected chi connectivity index (χ2v) is 8.44. The van der Waals surface area contributed by atoms with Crippen molar-refractivity contribution in [3.8, 4) is 0 Å². The normalized spacial score (nSPS) is 21.2. The zero-order valence-corrected chi connectivity index (χ0v) is 13.8. The Balaban J connectivity index is 2.42. The van der Waals surface area contributed by atoms with Gasteiger partial charge >= 0.3 is 7.12 Å². The largest absolute Gasteiger partial charge is 0.494 e. The average Bonchev–Trinajstić information content (AvgIpc) is 2.47. The van der Waals surface area contributed by atoms with Crippen LogP contribution >= 0.6 is 11.6 Å². The lowest BCUT2D eigenvalue weighted by Crippen LogP contribution is -2.41. The van der Waals surface area contributed by atoms with Crippen molar-refractivity contribution >= 4 is 34.0 Å². The molecular weight excluding hydrogens is 298 g/mol. The number of benzene rings is 1. The fraction of sp³-hybridized carbons (Fsp3) is 0.538. The average molecular weight is 317 g/mol. The molecule has 0 bridgehead atoms. The Bertz CT molecular complexity index is 624. The summed E-state index contributed by atoms with van der Waals surface area (Å²) in [6.07, 6.45) is 1.13. The third-order valence-electron chi connectivity index (χ3n) is 3.88. The highest BCUT2D eigenvalue weighted by Gasteiger charge is 2.51. The van der Waals surface area contributed by atoms with Crippen LogP contribution in [0.2, 0.25) is 5.02 Å². The Labute approximate surface area is 125 Å². The van der Waals surface area contributed by atoms with Crippen LogP contribution < -0.4 is 5.46 Å². The first kappa shape index (κ1) is 15.8. The van der Waals surface area contributed by atoms with E-state index in [1.165, 1.54) is 6.07 Å². The minimum atomic E-state index is -3.39. The van der Waals surface area contributed by atoms with Crippen molar-refractivity contribution in [2.24, 2.45) is 0 Å². The lowest BCUT2D eigenvalue weighted by atomic mass is 9.79. The van der Waals surface area contributed by atoms with E-state index in [1.54, 1.807) is 12.1 Å². The minimum Gasteiger partial charge on any atom is -0.399 e. The molecule has 0 radical (unpaired) electrons. The molecule has 1 aromatic carbocycles. The zero-order chi connectivity index (χ0) is 15.3. The molecule has 0 saturated carbocycles. The van der Waals surface area contributed by atoms with Crippen molar-refractivity contribution < 1.29 is 17.7 Å². The number of sulfone groups is 1. The molecule has 1 saturated heterocycles. The first-order valence-electron chi connectivity index (χ1n) is 6.29. The summed E-state index contributed by atoms with van der Waals surface area (Å²) in [4.78, 5) is 0.0892. The van der Waals surface area contributed by atoms with Gasteiger partial charge in [0.25, 0.3) is 0 Å². The van der Waals surface area contributed by atoms with Crippen molar-refractivity contribution in [3.63, 3.8) is 0 Å². The number of hydrogen-bond acceptors (Lipinski definition) is 4. The smallest absolute Gasteiger partial charge is 0.399 e. The van der Waals surface area contributed by atoms with E-state index in [-0.39, 0.29) is 9.92 Å². The van der Waals surface area contributed by atoms with Crippen molar-refractivity contribution in [3.05, 3.63) is 23.2 Å². The van der Waals surface area contributed by atoms with Gasteiger partial charge in [-0.25, -0.2) is 8.42 Å². The lowest BCUT2D eigenvalue weighted by Gasteiger charge is -2.32. The maximum Gasteiger partial charge on any atom is 0.494 e. The fourth-order valence-corrected chi connectivity index (χ4v) is 3.24. The lowest BCUT2D eigenvalue weighted by molar-refractivity contribution is 0.00578. The first-order valence-corrected chi connectivity index (χ1v) is 8.56. The van der Waals surface area contributed by atoms with Gasteiger partial charge in [-0.2, -0.15) is 0 Å². The third kappa shape index (κ3) is 2.75. The maximum absolute atomic E-state index is 11.7. The van der Waals surface area contributed by atoms with E-state index in [0.717, 1.165) is 6.26 Å².